The number of fused-ring (bicyclic) bond motifs is 4. The monoisotopic (exact) mass is 940 g/mol. The number of aryl methyl sites for hydroxylation is 3. The Balaban J connectivity index is 0.000000178. The fourth-order valence-corrected chi connectivity index (χ4v) is 9.14. The summed E-state index contributed by atoms with van der Waals surface area (Å²) in [5, 5.41) is 3.27. The number of aromatic nitrogens is 3. The summed E-state index contributed by atoms with van der Waals surface area (Å²) in [7, 11) is -1.77. The Morgan fingerprint density at radius 3 is 2.21 bits per heavy atom. The van der Waals surface area contributed by atoms with Gasteiger partial charge in [0.05, 0.1) is 30.5 Å². The largest absolute Gasteiger partial charge is 0.501 e. The molecule has 6 aromatic carbocycles. The molecule has 0 saturated heterocycles. The molecule has 1 radical (unpaired) electrons. The number of hydrogen-bond acceptors (Lipinski definition) is 3. The van der Waals surface area contributed by atoms with Crippen LogP contribution >= 0.6 is 0 Å². The van der Waals surface area contributed by atoms with E-state index in [2.05, 4.69) is 105 Å². The van der Waals surface area contributed by atoms with Gasteiger partial charge in [0.2, 0.25) is 0 Å². The number of imidazole rings is 1. The molecule has 0 aliphatic heterocycles. The van der Waals surface area contributed by atoms with Crippen molar-refractivity contribution in [3.05, 3.63) is 180 Å². The van der Waals surface area contributed by atoms with Crippen LogP contribution in [0.3, 0.4) is 0 Å². The zero-order valence-electron chi connectivity index (χ0n) is 35.4. The van der Waals surface area contributed by atoms with Crippen LogP contribution in [0.5, 0.6) is 0 Å². The Labute approximate surface area is 353 Å². The number of para-hydroxylation sites is 3. The van der Waals surface area contributed by atoms with Gasteiger partial charge < -0.3 is 14.0 Å². The predicted octanol–water partition coefficient (Wildman–Crippen LogP) is 12.8. The first-order chi connectivity index (χ1) is 27.8. The predicted molar refractivity (Wildman–Crippen MR) is 237 cm³/mol. The normalized spacial score (nSPS) is 12.8. The van der Waals surface area contributed by atoms with E-state index >= 15 is 0 Å². The van der Waals surface area contributed by atoms with E-state index in [4.69, 9.17) is 12.1 Å². The molecule has 0 aliphatic rings. The maximum absolute atomic E-state index is 9.04. The molecule has 0 N–H and O–H groups in total. The van der Waals surface area contributed by atoms with Gasteiger partial charge in [-0.3, -0.25) is 4.98 Å². The molecule has 3 aromatic heterocycles. The quantitative estimate of drug-likeness (QED) is 0.118. The van der Waals surface area contributed by atoms with Crippen molar-refractivity contribution in [3.8, 4) is 28.3 Å². The van der Waals surface area contributed by atoms with Crippen molar-refractivity contribution < 1.29 is 27.3 Å². The SMILES string of the molecule is Cc1cc(C)c(-n2c(-c3[c-]ccc4c3oc3ccccc34)nc3ccccc32)c(C)c1.[2H]C([2H])(c1cc(-c2[c-]cccc2)ncc1[Si](C)(C)C)C(C)c1ccccc1.[Ir]. The van der Waals surface area contributed by atoms with Crippen LogP contribution in [0.15, 0.2) is 144 Å². The van der Waals surface area contributed by atoms with Crippen molar-refractivity contribution in [1.82, 2.24) is 14.5 Å². The smallest absolute Gasteiger partial charge is 0.120 e. The average Bonchev–Trinajstić information content (AvgIpc) is 3.79. The van der Waals surface area contributed by atoms with Gasteiger partial charge in [0.25, 0.3) is 0 Å². The number of hydrogen-bond donors (Lipinski definition) is 0. The standard InChI is InChI=1S/C28H21N2O.C23H26NSi.Ir/c1-17-15-18(2)26(19(3)16-17)30-24-13-6-5-12-23(24)29-28(30)22-11-8-10-21-20-9-4-7-14-25(20)31-27(21)22;1-18(19-11-7-5-8-12-19)15-21-16-22(20-13-9-6-10-14-20)24-17-23(21)25(2,3)4;/h4-10,12-16H,1-3H3;5-13,16-18H,15H2,1-4H3;/q2*-1;/i;15D2;. The van der Waals surface area contributed by atoms with E-state index in [1.54, 1.807) is 0 Å². The summed E-state index contributed by atoms with van der Waals surface area (Å²) in [6.07, 6.45) is 0.400. The Morgan fingerprint density at radius 1 is 0.772 bits per heavy atom. The van der Waals surface area contributed by atoms with Crippen LogP contribution in [0.25, 0.3) is 61.3 Å². The molecule has 9 aromatic rings. The fraction of sp³-hybridized carbons (Fsp3) is 0.176. The summed E-state index contributed by atoms with van der Waals surface area (Å²) >= 11 is 0. The van der Waals surface area contributed by atoms with Gasteiger partial charge in [0.1, 0.15) is 5.58 Å². The van der Waals surface area contributed by atoms with Crippen molar-refractivity contribution in [1.29, 1.82) is 0 Å². The molecule has 0 saturated carbocycles. The van der Waals surface area contributed by atoms with Crippen LogP contribution in [0, 0.1) is 32.9 Å². The second-order valence-electron chi connectivity index (χ2n) is 15.6. The first kappa shape index (κ1) is 37.2. The summed E-state index contributed by atoms with van der Waals surface area (Å²) < 4.78 is 26.7. The van der Waals surface area contributed by atoms with Crippen molar-refractivity contribution >= 4 is 46.2 Å². The molecule has 0 bridgehead atoms. The van der Waals surface area contributed by atoms with Crippen LogP contribution in [0.4, 0.5) is 0 Å². The van der Waals surface area contributed by atoms with Gasteiger partial charge in [-0.05, 0) is 78.8 Å². The Morgan fingerprint density at radius 2 is 1.47 bits per heavy atom. The van der Waals surface area contributed by atoms with Crippen molar-refractivity contribution in [2.24, 2.45) is 0 Å². The molecule has 0 amide bonds. The second kappa shape index (κ2) is 16.6. The molecule has 57 heavy (non-hydrogen) atoms. The first-order valence-electron chi connectivity index (χ1n) is 20.2. The van der Waals surface area contributed by atoms with E-state index in [9.17, 15) is 0 Å². The van der Waals surface area contributed by atoms with Crippen LogP contribution in [-0.4, -0.2) is 22.6 Å². The van der Waals surface area contributed by atoms with Gasteiger partial charge in [-0.2, -0.15) is 0 Å². The Kier molecular flexibility index (Phi) is 10.8. The molecule has 287 valence electrons. The van der Waals surface area contributed by atoms with Gasteiger partial charge in [0, 0.05) is 40.1 Å². The molecule has 0 aliphatic carbocycles. The molecular weight excluding hydrogens is 891 g/mol. The summed E-state index contributed by atoms with van der Waals surface area (Å²) in [6, 6.07) is 51.2. The Bertz CT molecular complexity index is 2890. The fourth-order valence-electron chi connectivity index (χ4n) is 7.73. The van der Waals surface area contributed by atoms with Gasteiger partial charge in [0.15, 0.2) is 0 Å². The molecule has 1 unspecified atom stereocenters. The van der Waals surface area contributed by atoms with E-state index in [1.807, 2.05) is 104 Å². The van der Waals surface area contributed by atoms with Crippen molar-refractivity contribution in [2.75, 3.05) is 0 Å². The first-order valence-corrected chi connectivity index (χ1v) is 22.7. The van der Waals surface area contributed by atoms with Crippen LogP contribution < -0.4 is 5.19 Å². The summed E-state index contributed by atoms with van der Waals surface area (Å²) in [5.41, 5.74) is 12.9. The third-order valence-electron chi connectivity index (χ3n) is 10.4. The van der Waals surface area contributed by atoms with Gasteiger partial charge in [-0.25, -0.2) is 0 Å². The number of pyridine rings is 1. The van der Waals surface area contributed by atoms with Gasteiger partial charge >= 0.3 is 0 Å². The molecule has 1 atom stereocenters. The number of furan rings is 1. The van der Waals surface area contributed by atoms with Crippen molar-refractivity contribution in [2.45, 2.75) is 59.6 Å². The minimum Gasteiger partial charge on any atom is -0.501 e. The maximum Gasteiger partial charge on any atom is 0.120 e. The van der Waals surface area contributed by atoms with Crippen molar-refractivity contribution in [3.63, 3.8) is 0 Å². The Hall–Kier alpha value is -5.39. The zero-order chi connectivity index (χ0) is 40.8. The topological polar surface area (TPSA) is 43.9 Å². The van der Waals surface area contributed by atoms with Gasteiger partial charge in [-0.15, -0.1) is 54.1 Å². The molecule has 0 spiro atoms. The number of rotatable bonds is 7. The molecule has 6 heteroatoms. The third kappa shape index (κ3) is 8.08. The minimum absolute atomic E-state index is 0. The second-order valence-corrected chi connectivity index (χ2v) is 20.7. The van der Waals surface area contributed by atoms with E-state index in [0.29, 0.717) is 0 Å². The molecule has 3 heterocycles. The maximum atomic E-state index is 9.04. The van der Waals surface area contributed by atoms with Gasteiger partial charge in [-0.1, -0.05) is 128 Å². The third-order valence-corrected chi connectivity index (χ3v) is 12.4. The van der Waals surface area contributed by atoms with E-state index < -0.39 is 14.4 Å². The van der Waals surface area contributed by atoms with E-state index in [1.165, 1.54) is 16.7 Å². The molecule has 0 fully saturated rings. The molecule has 4 nitrogen and oxygen atoms in total. The summed E-state index contributed by atoms with van der Waals surface area (Å²) in [4.78, 5) is 9.71. The molecule has 9 rings (SSSR count). The van der Waals surface area contributed by atoms with Crippen LogP contribution in [-0.2, 0) is 26.5 Å². The average molecular weight is 940 g/mol. The van der Waals surface area contributed by atoms with Crippen LogP contribution in [0.2, 0.25) is 19.6 Å². The minimum atomic E-state index is -1.77. The summed E-state index contributed by atoms with van der Waals surface area (Å²) in [5.74, 6) is 0.588. The van der Waals surface area contributed by atoms with E-state index in [-0.39, 0.29) is 26.0 Å². The number of nitrogens with zero attached hydrogens (tertiary/aromatic N) is 3. The van der Waals surface area contributed by atoms with E-state index in [0.717, 1.165) is 77.6 Å². The summed E-state index contributed by atoms with van der Waals surface area (Å²) in [6.45, 7) is 15.2. The zero-order valence-corrected chi connectivity index (χ0v) is 36.8. The number of benzene rings is 6. The van der Waals surface area contributed by atoms with Crippen LogP contribution in [0.1, 0.15) is 43.4 Å². The molecular formula is C51H47IrN3OSi-2.